The van der Waals surface area contributed by atoms with E-state index in [1.807, 2.05) is 0 Å². The summed E-state index contributed by atoms with van der Waals surface area (Å²) in [6, 6.07) is 8.21. The quantitative estimate of drug-likeness (QED) is 0.255. The molecule has 0 saturated heterocycles. The molecule has 0 aliphatic carbocycles. The first-order chi connectivity index (χ1) is 15.8. The van der Waals surface area contributed by atoms with Crippen LogP contribution >= 0.6 is 39.1 Å². The highest BCUT2D eigenvalue weighted by molar-refractivity contribution is 9.10. The largest absolute Gasteiger partial charge is 0.471 e. The van der Waals surface area contributed by atoms with Crippen LogP contribution in [0.25, 0.3) is 11.2 Å². The van der Waals surface area contributed by atoms with Gasteiger partial charge in [-0.3, -0.25) is 9.78 Å². The topological polar surface area (TPSA) is 105 Å². The van der Waals surface area contributed by atoms with E-state index in [1.54, 1.807) is 24.3 Å². The highest BCUT2D eigenvalue weighted by Crippen LogP contribution is 2.32. The minimum atomic E-state index is -2.75. The molecule has 0 unspecified atom stereocenters. The molecule has 1 amide bonds. The summed E-state index contributed by atoms with van der Waals surface area (Å²) in [7, 11) is 0. The molecule has 13 heteroatoms. The summed E-state index contributed by atoms with van der Waals surface area (Å²) in [5.41, 5.74) is 1.26. The number of aromatic amines is 1. The van der Waals surface area contributed by atoms with E-state index < -0.39 is 18.9 Å². The first kappa shape index (κ1) is 23.1. The smallest absolute Gasteiger partial charge is 0.272 e. The second-order valence-electron chi connectivity index (χ2n) is 6.56. The average molecular weight is 558 g/mol. The van der Waals surface area contributed by atoms with Crippen LogP contribution in [0.3, 0.4) is 0 Å². The molecule has 0 bridgehead atoms. The molecular weight excluding hydrogens is 545 g/mol. The van der Waals surface area contributed by atoms with E-state index in [4.69, 9.17) is 27.9 Å². The maximum Gasteiger partial charge on any atom is 0.272 e. The van der Waals surface area contributed by atoms with Crippen molar-refractivity contribution in [3.05, 3.63) is 62.8 Å². The van der Waals surface area contributed by atoms with Gasteiger partial charge in [-0.2, -0.15) is 4.98 Å². The van der Waals surface area contributed by atoms with Crippen LogP contribution in [0, 0.1) is 0 Å². The molecule has 4 rings (SSSR count). The fourth-order valence-electron chi connectivity index (χ4n) is 2.78. The Morgan fingerprint density at radius 1 is 1.15 bits per heavy atom. The number of rotatable bonds is 7. The first-order valence-electron chi connectivity index (χ1n) is 9.25. The minimum Gasteiger partial charge on any atom is -0.471 e. The SMILES string of the molecule is O=C(Nc1ccc(Br)cc1)c1cc2nc(Nc3c(Cl)cncc3Cl)[nH]c2nc1OCC(F)F. The molecule has 8 nitrogen and oxygen atoms in total. The number of H-pyrrole nitrogens is 1. The van der Waals surface area contributed by atoms with Gasteiger partial charge in [0, 0.05) is 22.6 Å². The van der Waals surface area contributed by atoms with Crippen LogP contribution in [-0.4, -0.2) is 38.9 Å². The van der Waals surface area contributed by atoms with Crippen LogP contribution in [0.4, 0.5) is 26.1 Å². The van der Waals surface area contributed by atoms with Crippen molar-refractivity contribution < 1.29 is 18.3 Å². The Labute approximate surface area is 203 Å². The van der Waals surface area contributed by atoms with Crippen molar-refractivity contribution >= 4 is 73.5 Å². The lowest BCUT2D eigenvalue weighted by molar-refractivity contribution is 0.0782. The molecule has 33 heavy (non-hydrogen) atoms. The third-order valence-electron chi connectivity index (χ3n) is 4.23. The number of fused-ring (bicyclic) bond motifs is 1. The fraction of sp³-hybridized carbons (Fsp3) is 0.100. The molecule has 0 aliphatic rings. The van der Waals surface area contributed by atoms with Crippen molar-refractivity contribution in [1.29, 1.82) is 0 Å². The third kappa shape index (κ3) is 5.49. The Morgan fingerprint density at radius 3 is 2.52 bits per heavy atom. The lowest BCUT2D eigenvalue weighted by Gasteiger charge is -2.11. The summed E-state index contributed by atoms with van der Waals surface area (Å²) >= 11 is 15.5. The van der Waals surface area contributed by atoms with E-state index >= 15 is 0 Å². The van der Waals surface area contributed by atoms with Crippen molar-refractivity contribution in [1.82, 2.24) is 19.9 Å². The van der Waals surface area contributed by atoms with Crippen molar-refractivity contribution in [3.8, 4) is 5.88 Å². The van der Waals surface area contributed by atoms with Gasteiger partial charge >= 0.3 is 0 Å². The number of ether oxygens (including phenoxy) is 1. The van der Waals surface area contributed by atoms with Gasteiger partial charge in [-0.05, 0) is 30.3 Å². The van der Waals surface area contributed by atoms with Gasteiger partial charge in [0.05, 0.1) is 15.7 Å². The van der Waals surface area contributed by atoms with Gasteiger partial charge in [0.25, 0.3) is 12.3 Å². The predicted molar refractivity (Wildman–Crippen MR) is 125 cm³/mol. The fourth-order valence-corrected chi connectivity index (χ4v) is 3.50. The number of aromatic nitrogens is 4. The summed E-state index contributed by atoms with van der Waals surface area (Å²) in [5.74, 6) is -0.668. The minimum absolute atomic E-state index is 0.0657. The Kier molecular flexibility index (Phi) is 6.91. The number of halogens is 5. The van der Waals surface area contributed by atoms with Gasteiger partial charge in [0.15, 0.2) is 12.3 Å². The number of hydrogen-bond donors (Lipinski definition) is 3. The van der Waals surface area contributed by atoms with E-state index in [0.717, 1.165) is 4.47 Å². The van der Waals surface area contributed by atoms with Crippen molar-refractivity contribution in [3.63, 3.8) is 0 Å². The number of hydrogen-bond acceptors (Lipinski definition) is 6. The molecule has 0 fully saturated rings. The average Bonchev–Trinajstić information content (AvgIpc) is 3.17. The molecule has 3 N–H and O–H groups in total. The summed E-state index contributed by atoms with van der Waals surface area (Å²) < 4.78 is 31.4. The number of benzene rings is 1. The van der Waals surface area contributed by atoms with Gasteiger partial charge in [-0.25, -0.2) is 13.8 Å². The zero-order valence-corrected chi connectivity index (χ0v) is 19.5. The molecule has 170 valence electrons. The molecule has 1 aromatic carbocycles. The number of carbonyl (C=O) groups is 1. The summed E-state index contributed by atoms with van der Waals surface area (Å²) in [5, 5.41) is 6.11. The number of alkyl halides is 2. The monoisotopic (exact) mass is 556 g/mol. The zero-order valence-electron chi connectivity index (χ0n) is 16.4. The highest BCUT2D eigenvalue weighted by atomic mass is 79.9. The molecule has 0 saturated carbocycles. The molecule has 0 aliphatic heterocycles. The van der Waals surface area contributed by atoms with Gasteiger partial charge in [-0.1, -0.05) is 39.1 Å². The molecule has 0 atom stereocenters. The van der Waals surface area contributed by atoms with Crippen LogP contribution in [0.2, 0.25) is 10.0 Å². The summed E-state index contributed by atoms with van der Waals surface area (Å²) in [4.78, 5) is 28.1. The lowest BCUT2D eigenvalue weighted by atomic mass is 10.2. The Bertz CT molecular complexity index is 1300. The van der Waals surface area contributed by atoms with Crippen LogP contribution in [0.1, 0.15) is 10.4 Å². The first-order valence-corrected chi connectivity index (χ1v) is 10.8. The number of nitrogens with one attached hydrogen (secondary N) is 3. The molecule has 3 aromatic heterocycles. The Morgan fingerprint density at radius 2 is 1.85 bits per heavy atom. The standard InChI is InChI=1S/C20H13BrCl2F2N6O2/c21-9-1-3-10(4-2-9)27-18(32)11-5-14-17(30-19(11)33-8-15(24)25)31-20(28-14)29-16-12(22)6-26-7-13(16)23/h1-7,15H,8H2,(H,27,32)(H2,26,28,29,30,31). The number of amides is 1. The van der Waals surface area contributed by atoms with Crippen molar-refractivity contribution in [2.75, 3.05) is 17.2 Å². The van der Waals surface area contributed by atoms with E-state index in [0.29, 0.717) is 11.4 Å². The number of anilines is 3. The Hall–Kier alpha value is -3.02. The van der Waals surface area contributed by atoms with Gasteiger partial charge < -0.3 is 20.4 Å². The number of nitrogens with zero attached hydrogens (tertiary/aromatic N) is 3. The van der Waals surface area contributed by atoms with E-state index in [1.165, 1.54) is 18.5 Å². The maximum atomic E-state index is 12.9. The second-order valence-corrected chi connectivity index (χ2v) is 8.29. The molecule has 0 spiro atoms. The molecular formula is C20H13BrCl2F2N6O2. The van der Waals surface area contributed by atoms with E-state index in [2.05, 4.69) is 46.5 Å². The van der Waals surface area contributed by atoms with Crippen LogP contribution in [0.5, 0.6) is 5.88 Å². The van der Waals surface area contributed by atoms with Crippen LogP contribution < -0.4 is 15.4 Å². The molecule has 0 radical (unpaired) electrons. The van der Waals surface area contributed by atoms with Crippen LogP contribution in [0.15, 0.2) is 47.2 Å². The Balaban J connectivity index is 1.68. The van der Waals surface area contributed by atoms with E-state index in [9.17, 15) is 13.6 Å². The molecule has 4 aromatic rings. The van der Waals surface area contributed by atoms with E-state index in [-0.39, 0.29) is 38.6 Å². The lowest BCUT2D eigenvalue weighted by Crippen LogP contribution is -2.16. The maximum absolute atomic E-state index is 12.9. The second kappa shape index (κ2) is 9.86. The van der Waals surface area contributed by atoms with Crippen molar-refractivity contribution in [2.24, 2.45) is 0 Å². The summed E-state index contributed by atoms with van der Waals surface area (Å²) in [6.07, 6.45) is 0.0505. The molecule has 3 heterocycles. The van der Waals surface area contributed by atoms with Gasteiger partial charge in [0.1, 0.15) is 11.1 Å². The highest BCUT2D eigenvalue weighted by Gasteiger charge is 2.20. The van der Waals surface area contributed by atoms with Crippen LogP contribution in [-0.2, 0) is 0 Å². The predicted octanol–water partition coefficient (Wildman–Crippen LogP) is 6.06. The zero-order chi connectivity index (χ0) is 23.5. The third-order valence-corrected chi connectivity index (χ3v) is 5.33. The normalized spacial score (nSPS) is 11.1. The van der Waals surface area contributed by atoms with Gasteiger partial charge in [0.2, 0.25) is 11.8 Å². The number of pyridine rings is 2. The summed E-state index contributed by atoms with van der Waals surface area (Å²) in [6.45, 7) is -0.932. The van der Waals surface area contributed by atoms with Crippen molar-refractivity contribution in [2.45, 2.75) is 6.43 Å². The van der Waals surface area contributed by atoms with Gasteiger partial charge in [-0.15, -0.1) is 0 Å². The number of imidazole rings is 1. The number of carbonyl (C=O) groups excluding carboxylic acids is 1.